The minimum Gasteiger partial charge on any atom is -0.339 e. The summed E-state index contributed by atoms with van der Waals surface area (Å²) in [6.45, 7) is 7.68. The molecule has 0 saturated carbocycles. The molecule has 31 heavy (non-hydrogen) atoms. The number of rotatable bonds is 3. The normalized spacial score (nSPS) is 14.1. The number of carbonyl (C=O) groups is 2. The molecule has 1 saturated heterocycles. The molecule has 1 aliphatic rings. The lowest BCUT2D eigenvalue weighted by Crippen LogP contribution is -2.50. The van der Waals surface area contributed by atoms with Crippen molar-refractivity contribution in [3.05, 3.63) is 70.4 Å². The summed E-state index contributed by atoms with van der Waals surface area (Å²) in [7, 11) is 0. The van der Waals surface area contributed by atoms with Gasteiger partial charge in [0.25, 0.3) is 5.91 Å². The molecule has 0 N–H and O–H groups in total. The first-order valence-electron chi connectivity index (χ1n) is 10.3. The second-order valence-corrected chi connectivity index (χ2v) is 8.30. The first-order chi connectivity index (χ1) is 14.8. The molecule has 1 fully saturated rings. The van der Waals surface area contributed by atoms with E-state index in [0.717, 1.165) is 22.4 Å². The van der Waals surface area contributed by atoms with Crippen LogP contribution in [0.2, 0.25) is 5.02 Å². The van der Waals surface area contributed by atoms with Crippen molar-refractivity contribution in [2.24, 2.45) is 0 Å². The molecule has 0 bridgehead atoms. The summed E-state index contributed by atoms with van der Waals surface area (Å²) in [5, 5.41) is 5.37. The van der Waals surface area contributed by atoms with Crippen molar-refractivity contribution in [3.8, 4) is 16.9 Å². The maximum Gasteiger partial charge on any atom is 0.272 e. The quantitative estimate of drug-likeness (QED) is 0.620. The van der Waals surface area contributed by atoms with Crippen LogP contribution in [0.4, 0.5) is 0 Å². The van der Waals surface area contributed by atoms with Gasteiger partial charge in [0.1, 0.15) is 5.69 Å². The van der Waals surface area contributed by atoms with Gasteiger partial charge in [-0.25, -0.2) is 4.68 Å². The zero-order chi connectivity index (χ0) is 22.1. The Morgan fingerprint density at radius 2 is 1.61 bits per heavy atom. The lowest BCUT2D eigenvalue weighted by Gasteiger charge is -2.34. The van der Waals surface area contributed by atoms with Gasteiger partial charge in [-0.2, -0.15) is 5.10 Å². The fourth-order valence-electron chi connectivity index (χ4n) is 3.95. The van der Waals surface area contributed by atoms with Crippen LogP contribution in [0.5, 0.6) is 0 Å². The number of aromatic nitrogens is 2. The third-order valence-electron chi connectivity index (χ3n) is 5.67. The van der Waals surface area contributed by atoms with Crippen LogP contribution in [-0.2, 0) is 4.79 Å². The maximum atomic E-state index is 13.5. The van der Waals surface area contributed by atoms with Gasteiger partial charge in [-0.1, -0.05) is 47.5 Å². The highest BCUT2D eigenvalue weighted by Crippen LogP contribution is 2.29. The average Bonchev–Trinajstić information content (AvgIpc) is 3.18. The van der Waals surface area contributed by atoms with Gasteiger partial charge in [0.2, 0.25) is 5.91 Å². The molecular weight excluding hydrogens is 412 g/mol. The molecule has 0 radical (unpaired) electrons. The van der Waals surface area contributed by atoms with E-state index in [9.17, 15) is 9.59 Å². The maximum absolute atomic E-state index is 13.5. The number of hydrogen-bond donors (Lipinski definition) is 0. The van der Waals surface area contributed by atoms with Crippen molar-refractivity contribution in [2.75, 3.05) is 26.2 Å². The minimum absolute atomic E-state index is 0.0356. The lowest BCUT2D eigenvalue weighted by atomic mass is 10.1. The SMILES string of the molecule is CC(=O)N1CCN(C(=O)c2cc(-c3ccccc3Cl)nn2-c2ccc(C)cc2C)CC1. The van der Waals surface area contributed by atoms with Crippen LogP contribution >= 0.6 is 11.6 Å². The molecule has 1 aliphatic heterocycles. The van der Waals surface area contributed by atoms with Gasteiger partial charge < -0.3 is 9.80 Å². The van der Waals surface area contributed by atoms with Gasteiger partial charge in [-0.15, -0.1) is 0 Å². The van der Waals surface area contributed by atoms with Crippen molar-refractivity contribution in [1.82, 2.24) is 19.6 Å². The number of amides is 2. The van der Waals surface area contributed by atoms with Gasteiger partial charge in [-0.05, 0) is 37.6 Å². The second kappa shape index (κ2) is 8.55. The molecule has 4 rings (SSSR count). The summed E-state index contributed by atoms with van der Waals surface area (Å²) in [4.78, 5) is 28.7. The Balaban J connectivity index is 1.76. The van der Waals surface area contributed by atoms with E-state index in [1.807, 2.05) is 50.2 Å². The summed E-state index contributed by atoms with van der Waals surface area (Å²) in [5.74, 6) is -0.0672. The van der Waals surface area contributed by atoms with E-state index in [1.165, 1.54) is 0 Å². The van der Waals surface area contributed by atoms with Crippen molar-refractivity contribution in [1.29, 1.82) is 0 Å². The van der Waals surface area contributed by atoms with E-state index in [-0.39, 0.29) is 11.8 Å². The number of aryl methyl sites for hydroxylation is 2. The van der Waals surface area contributed by atoms with Gasteiger partial charge >= 0.3 is 0 Å². The summed E-state index contributed by atoms with van der Waals surface area (Å²) in [5.41, 5.74) is 4.95. The summed E-state index contributed by atoms with van der Waals surface area (Å²) >= 11 is 6.41. The smallest absolute Gasteiger partial charge is 0.272 e. The van der Waals surface area contributed by atoms with Crippen LogP contribution < -0.4 is 0 Å². The Labute approximate surface area is 187 Å². The monoisotopic (exact) mass is 436 g/mol. The highest BCUT2D eigenvalue weighted by atomic mass is 35.5. The van der Waals surface area contributed by atoms with E-state index in [2.05, 4.69) is 6.07 Å². The molecule has 0 atom stereocenters. The number of hydrogen-bond acceptors (Lipinski definition) is 3. The predicted molar refractivity (Wildman–Crippen MR) is 122 cm³/mol. The molecule has 2 heterocycles. The molecule has 2 aromatic carbocycles. The molecule has 2 amide bonds. The largest absolute Gasteiger partial charge is 0.339 e. The van der Waals surface area contributed by atoms with Crippen molar-refractivity contribution < 1.29 is 9.59 Å². The third-order valence-corrected chi connectivity index (χ3v) is 6.00. The number of nitrogens with zero attached hydrogens (tertiary/aromatic N) is 4. The highest BCUT2D eigenvalue weighted by Gasteiger charge is 2.27. The molecule has 6 nitrogen and oxygen atoms in total. The van der Waals surface area contributed by atoms with E-state index in [1.54, 1.807) is 27.5 Å². The molecule has 0 unspecified atom stereocenters. The van der Waals surface area contributed by atoms with Crippen molar-refractivity contribution in [2.45, 2.75) is 20.8 Å². The fraction of sp³-hybridized carbons (Fsp3) is 0.292. The van der Waals surface area contributed by atoms with Crippen LogP contribution in [0.15, 0.2) is 48.5 Å². The lowest BCUT2D eigenvalue weighted by molar-refractivity contribution is -0.130. The third kappa shape index (κ3) is 4.21. The van der Waals surface area contributed by atoms with Crippen LogP contribution in [0.25, 0.3) is 16.9 Å². The molecule has 0 spiro atoms. The Hall–Kier alpha value is -3.12. The van der Waals surface area contributed by atoms with Crippen LogP contribution in [0, 0.1) is 13.8 Å². The van der Waals surface area contributed by atoms with Crippen LogP contribution in [0.1, 0.15) is 28.5 Å². The zero-order valence-electron chi connectivity index (χ0n) is 17.9. The second-order valence-electron chi connectivity index (χ2n) is 7.89. The predicted octanol–water partition coefficient (Wildman–Crippen LogP) is 4.11. The van der Waals surface area contributed by atoms with Gasteiger partial charge in [0.15, 0.2) is 0 Å². The molecule has 3 aromatic rings. The molecular formula is C24H25ClN4O2. The number of halogens is 1. The first-order valence-corrected chi connectivity index (χ1v) is 10.7. The molecule has 160 valence electrons. The van der Waals surface area contributed by atoms with Gasteiger partial charge in [0, 0.05) is 38.7 Å². The van der Waals surface area contributed by atoms with Crippen LogP contribution in [-0.4, -0.2) is 57.6 Å². The summed E-state index contributed by atoms with van der Waals surface area (Å²) in [6, 6.07) is 15.4. The Morgan fingerprint density at radius 1 is 0.935 bits per heavy atom. The Bertz CT molecular complexity index is 1150. The number of benzene rings is 2. The van der Waals surface area contributed by atoms with E-state index in [0.29, 0.717) is 42.6 Å². The van der Waals surface area contributed by atoms with E-state index in [4.69, 9.17) is 16.7 Å². The molecule has 1 aromatic heterocycles. The first kappa shape index (κ1) is 21.1. The summed E-state index contributed by atoms with van der Waals surface area (Å²) < 4.78 is 1.72. The number of carbonyl (C=O) groups excluding carboxylic acids is 2. The number of piperazine rings is 1. The fourth-order valence-corrected chi connectivity index (χ4v) is 4.18. The standard InChI is InChI=1S/C24H25ClN4O2/c1-16-8-9-22(17(2)14-16)29-23(15-21(26-29)19-6-4-5-7-20(19)25)24(31)28-12-10-27(11-13-28)18(3)30/h4-9,14-15H,10-13H2,1-3H3. The van der Waals surface area contributed by atoms with Gasteiger partial charge in [-0.3, -0.25) is 9.59 Å². The molecule has 7 heteroatoms. The highest BCUT2D eigenvalue weighted by molar-refractivity contribution is 6.33. The van der Waals surface area contributed by atoms with Crippen molar-refractivity contribution in [3.63, 3.8) is 0 Å². The topological polar surface area (TPSA) is 58.4 Å². The average molecular weight is 437 g/mol. The zero-order valence-corrected chi connectivity index (χ0v) is 18.7. The van der Waals surface area contributed by atoms with E-state index < -0.39 is 0 Å². The minimum atomic E-state index is -0.103. The van der Waals surface area contributed by atoms with Crippen molar-refractivity contribution >= 4 is 23.4 Å². The molecule has 0 aliphatic carbocycles. The summed E-state index contributed by atoms with van der Waals surface area (Å²) in [6.07, 6.45) is 0. The van der Waals surface area contributed by atoms with Gasteiger partial charge in [0.05, 0.1) is 16.4 Å². The van der Waals surface area contributed by atoms with Crippen LogP contribution in [0.3, 0.4) is 0 Å². The van der Waals surface area contributed by atoms with E-state index >= 15 is 0 Å². The Kier molecular flexibility index (Phi) is 5.83. The Morgan fingerprint density at radius 3 is 2.26 bits per heavy atom.